The van der Waals surface area contributed by atoms with Crippen molar-refractivity contribution < 1.29 is 9.53 Å². The SMILES string of the molecule is CCCCOc1ccc2c(c1C)C(C)(C)CC2=O. The van der Waals surface area contributed by atoms with Crippen LogP contribution in [0, 0.1) is 6.92 Å². The highest BCUT2D eigenvalue weighted by molar-refractivity contribution is 6.02. The molecule has 0 saturated carbocycles. The van der Waals surface area contributed by atoms with E-state index >= 15 is 0 Å². The zero-order chi connectivity index (χ0) is 13.3. The molecular weight excluding hydrogens is 224 g/mol. The van der Waals surface area contributed by atoms with Gasteiger partial charge in [0.1, 0.15) is 5.75 Å². The normalized spacial score (nSPS) is 16.8. The first-order valence-electron chi connectivity index (χ1n) is 6.77. The average Bonchev–Trinajstić information content (AvgIpc) is 2.53. The largest absolute Gasteiger partial charge is 0.493 e. The van der Waals surface area contributed by atoms with E-state index in [2.05, 4.69) is 27.7 Å². The molecule has 0 unspecified atom stereocenters. The molecule has 18 heavy (non-hydrogen) atoms. The van der Waals surface area contributed by atoms with E-state index in [0.29, 0.717) is 6.42 Å². The minimum Gasteiger partial charge on any atom is -0.493 e. The minimum atomic E-state index is -0.0549. The lowest BCUT2D eigenvalue weighted by atomic mass is 9.83. The topological polar surface area (TPSA) is 26.3 Å². The number of unbranched alkanes of at least 4 members (excludes halogenated alkanes) is 1. The summed E-state index contributed by atoms with van der Waals surface area (Å²) in [5, 5.41) is 0. The summed E-state index contributed by atoms with van der Waals surface area (Å²) in [5.74, 6) is 1.20. The van der Waals surface area contributed by atoms with Gasteiger partial charge in [-0.2, -0.15) is 0 Å². The number of Topliss-reactive ketones (excluding diaryl/α,β-unsaturated/α-hetero) is 1. The molecule has 1 aliphatic carbocycles. The van der Waals surface area contributed by atoms with Crippen LogP contribution in [0.25, 0.3) is 0 Å². The predicted octanol–water partition coefficient (Wildman–Crippen LogP) is 4.04. The van der Waals surface area contributed by atoms with Crippen LogP contribution in [0.3, 0.4) is 0 Å². The first-order valence-corrected chi connectivity index (χ1v) is 6.77. The highest BCUT2D eigenvalue weighted by Gasteiger charge is 2.37. The maximum absolute atomic E-state index is 12.0. The number of carbonyl (C=O) groups is 1. The summed E-state index contributed by atoms with van der Waals surface area (Å²) in [7, 11) is 0. The van der Waals surface area contributed by atoms with Gasteiger partial charge in [0.25, 0.3) is 0 Å². The van der Waals surface area contributed by atoms with Crippen molar-refractivity contribution in [3.8, 4) is 5.75 Å². The molecule has 0 spiro atoms. The zero-order valence-corrected chi connectivity index (χ0v) is 11.8. The van der Waals surface area contributed by atoms with E-state index in [1.165, 1.54) is 5.56 Å². The number of hydrogen-bond acceptors (Lipinski definition) is 2. The average molecular weight is 246 g/mol. The van der Waals surface area contributed by atoms with Crippen LogP contribution < -0.4 is 4.74 Å². The summed E-state index contributed by atoms with van der Waals surface area (Å²) in [6.45, 7) is 9.25. The number of ether oxygens (including phenoxy) is 1. The van der Waals surface area contributed by atoms with Gasteiger partial charge in [-0.25, -0.2) is 0 Å². The monoisotopic (exact) mass is 246 g/mol. The van der Waals surface area contributed by atoms with Gasteiger partial charge in [0.15, 0.2) is 5.78 Å². The lowest BCUT2D eigenvalue weighted by Crippen LogP contribution is -2.14. The molecule has 1 aromatic rings. The molecule has 0 heterocycles. The van der Waals surface area contributed by atoms with Gasteiger partial charge in [-0.05, 0) is 42.0 Å². The molecular formula is C16H22O2. The Labute approximate surface area is 109 Å². The van der Waals surface area contributed by atoms with Crippen molar-refractivity contribution in [2.75, 3.05) is 6.61 Å². The van der Waals surface area contributed by atoms with Gasteiger partial charge in [0.2, 0.25) is 0 Å². The van der Waals surface area contributed by atoms with Crippen LogP contribution in [-0.2, 0) is 5.41 Å². The third-order valence-corrected chi connectivity index (χ3v) is 3.75. The second-order valence-corrected chi connectivity index (χ2v) is 5.80. The van der Waals surface area contributed by atoms with E-state index in [0.717, 1.165) is 36.3 Å². The molecule has 0 atom stereocenters. The fourth-order valence-electron chi connectivity index (χ4n) is 2.86. The van der Waals surface area contributed by atoms with Gasteiger partial charge in [0, 0.05) is 12.0 Å². The summed E-state index contributed by atoms with van der Waals surface area (Å²) >= 11 is 0. The number of hydrogen-bond donors (Lipinski definition) is 0. The Hall–Kier alpha value is -1.31. The van der Waals surface area contributed by atoms with Crippen LogP contribution in [-0.4, -0.2) is 12.4 Å². The van der Waals surface area contributed by atoms with E-state index in [1.807, 2.05) is 12.1 Å². The highest BCUT2D eigenvalue weighted by atomic mass is 16.5. The molecule has 2 rings (SSSR count). The lowest BCUT2D eigenvalue weighted by Gasteiger charge is -2.22. The molecule has 0 bridgehead atoms. The van der Waals surface area contributed by atoms with E-state index in [-0.39, 0.29) is 11.2 Å². The molecule has 0 aliphatic heterocycles. The van der Waals surface area contributed by atoms with Gasteiger partial charge in [-0.3, -0.25) is 4.79 Å². The van der Waals surface area contributed by atoms with Gasteiger partial charge in [0.05, 0.1) is 6.61 Å². The van der Waals surface area contributed by atoms with Crippen molar-refractivity contribution in [1.82, 2.24) is 0 Å². The molecule has 1 aliphatic rings. The second-order valence-electron chi connectivity index (χ2n) is 5.80. The van der Waals surface area contributed by atoms with Crippen molar-refractivity contribution in [3.05, 3.63) is 28.8 Å². The highest BCUT2D eigenvalue weighted by Crippen LogP contribution is 2.42. The number of carbonyl (C=O) groups excluding carboxylic acids is 1. The second kappa shape index (κ2) is 4.75. The van der Waals surface area contributed by atoms with E-state index in [4.69, 9.17) is 4.74 Å². The summed E-state index contributed by atoms with van der Waals surface area (Å²) in [4.78, 5) is 12.0. The van der Waals surface area contributed by atoms with Crippen LogP contribution in [0.2, 0.25) is 0 Å². The Morgan fingerprint density at radius 3 is 2.72 bits per heavy atom. The van der Waals surface area contributed by atoms with Crippen LogP contribution in [0.5, 0.6) is 5.75 Å². The molecule has 0 saturated heterocycles. The first-order chi connectivity index (χ1) is 8.47. The van der Waals surface area contributed by atoms with Gasteiger partial charge in [-0.15, -0.1) is 0 Å². The van der Waals surface area contributed by atoms with Crippen LogP contribution in [0.1, 0.15) is 61.5 Å². The fourth-order valence-corrected chi connectivity index (χ4v) is 2.86. The number of benzene rings is 1. The molecule has 0 radical (unpaired) electrons. The molecule has 0 amide bonds. The molecule has 2 nitrogen and oxygen atoms in total. The van der Waals surface area contributed by atoms with Crippen molar-refractivity contribution in [1.29, 1.82) is 0 Å². The van der Waals surface area contributed by atoms with Crippen LogP contribution in [0.4, 0.5) is 0 Å². The van der Waals surface area contributed by atoms with Crippen molar-refractivity contribution >= 4 is 5.78 Å². The summed E-state index contributed by atoms with van der Waals surface area (Å²) in [5.41, 5.74) is 3.15. The Kier molecular flexibility index (Phi) is 3.47. The molecule has 0 aromatic heterocycles. The van der Waals surface area contributed by atoms with Crippen LogP contribution in [0.15, 0.2) is 12.1 Å². The third kappa shape index (κ3) is 2.16. The molecule has 0 N–H and O–H groups in total. The Morgan fingerprint density at radius 2 is 2.06 bits per heavy atom. The van der Waals surface area contributed by atoms with Crippen molar-refractivity contribution in [2.45, 2.75) is 52.4 Å². The molecule has 2 heteroatoms. The minimum absolute atomic E-state index is 0.0549. The van der Waals surface area contributed by atoms with Gasteiger partial charge < -0.3 is 4.74 Å². The molecule has 98 valence electrons. The molecule has 1 aromatic carbocycles. The number of fused-ring (bicyclic) bond motifs is 1. The number of rotatable bonds is 4. The first kappa shape index (κ1) is 13.1. The Balaban J connectivity index is 2.35. The molecule has 0 fully saturated rings. The Morgan fingerprint density at radius 1 is 1.33 bits per heavy atom. The van der Waals surface area contributed by atoms with E-state index in [1.54, 1.807) is 0 Å². The summed E-state index contributed by atoms with van der Waals surface area (Å²) in [6.07, 6.45) is 2.81. The predicted molar refractivity (Wildman–Crippen MR) is 73.6 cm³/mol. The Bertz CT molecular complexity index is 472. The van der Waals surface area contributed by atoms with Crippen molar-refractivity contribution in [3.63, 3.8) is 0 Å². The quantitative estimate of drug-likeness (QED) is 0.749. The third-order valence-electron chi connectivity index (χ3n) is 3.75. The van der Waals surface area contributed by atoms with E-state index < -0.39 is 0 Å². The zero-order valence-electron chi connectivity index (χ0n) is 11.8. The standard InChI is InChI=1S/C16H22O2/c1-5-6-9-18-14-8-7-12-13(17)10-16(3,4)15(12)11(14)2/h7-8H,5-6,9-10H2,1-4H3. The van der Waals surface area contributed by atoms with Crippen molar-refractivity contribution in [2.24, 2.45) is 0 Å². The number of ketones is 1. The van der Waals surface area contributed by atoms with E-state index in [9.17, 15) is 4.79 Å². The van der Waals surface area contributed by atoms with Gasteiger partial charge in [-0.1, -0.05) is 27.2 Å². The van der Waals surface area contributed by atoms with Crippen LogP contribution >= 0.6 is 0 Å². The summed E-state index contributed by atoms with van der Waals surface area (Å²) in [6, 6.07) is 3.88. The maximum Gasteiger partial charge on any atom is 0.164 e. The van der Waals surface area contributed by atoms with Gasteiger partial charge >= 0.3 is 0 Å². The fraction of sp³-hybridized carbons (Fsp3) is 0.562. The maximum atomic E-state index is 12.0. The summed E-state index contributed by atoms with van der Waals surface area (Å²) < 4.78 is 5.82. The smallest absolute Gasteiger partial charge is 0.164 e. The lowest BCUT2D eigenvalue weighted by molar-refractivity contribution is 0.0979.